The normalized spacial score (nSPS) is 30.2. The molecule has 4 aliphatic rings. The first-order valence-corrected chi connectivity index (χ1v) is 15.4. The summed E-state index contributed by atoms with van der Waals surface area (Å²) in [5.41, 5.74) is 0.245. The number of sulfone groups is 1. The van der Waals surface area contributed by atoms with Crippen LogP contribution in [0.2, 0.25) is 0 Å². The van der Waals surface area contributed by atoms with Gasteiger partial charge >= 0.3 is 17.9 Å². The zero-order valence-corrected chi connectivity index (χ0v) is 24.6. The minimum Gasteiger partial charge on any atom is -0.480 e. The molecule has 226 valence electrons. The molecule has 1 aromatic carbocycles. The van der Waals surface area contributed by atoms with Crippen molar-refractivity contribution in [3.8, 4) is 0 Å². The topological polar surface area (TPSA) is 194 Å². The van der Waals surface area contributed by atoms with Crippen LogP contribution >= 0.6 is 11.8 Å². The van der Waals surface area contributed by atoms with Crippen molar-refractivity contribution in [1.82, 2.24) is 15.1 Å². The number of nitrogens with zero attached hydrogens (tertiary/aromatic N) is 2. The zero-order chi connectivity index (χ0) is 30.9. The summed E-state index contributed by atoms with van der Waals surface area (Å²) in [6.45, 7) is 5.15. The molecule has 5 rings (SSSR count). The average molecular weight is 624 g/mol. The molecule has 0 saturated carbocycles. The van der Waals surface area contributed by atoms with Crippen LogP contribution < -0.4 is 5.32 Å². The molecule has 2 N–H and O–H groups in total. The first-order valence-electron chi connectivity index (χ1n) is 13.0. The highest BCUT2D eigenvalue weighted by atomic mass is 32.2. The molecule has 4 aliphatic heterocycles. The Morgan fingerprint density at radius 3 is 2.19 bits per heavy atom. The molecule has 0 aliphatic carbocycles. The summed E-state index contributed by atoms with van der Waals surface area (Å²) in [5.74, 6) is -6.84. The number of hydrogen-bond acceptors (Lipinski definition) is 11. The highest BCUT2D eigenvalue weighted by molar-refractivity contribution is 8.01. The summed E-state index contributed by atoms with van der Waals surface area (Å²) in [4.78, 5) is 77.9. The second-order valence-corrected chi connectivity index (χ2v) is 15.9. The number of carbonyl (C=O) groups is 6. The fourth-order valence-electron chi connectivity index (χ4n) is 5.93. The summed E-state index contributed by atoms with van der Waals surface area (Å²) in [5, 5.41) is 10.4. The maximum Gasteiger partial charge on any atom is 0.333 e. The van der Waals surface area contributed by atoms with E-state index in [0.29, 0.717) is 0 Å². The van der Waals surface area contributed by atoms with E-state index >= 15 is 0 Å². The van der Waals surface area contributed by atoms with Crippen LogP contribution in [0.1, 0.15) is 45.6 Å². The Labute approximate surface area is 245 Å². The quantitative estimate of drug-likeness (QED) is 0.165. The smallest absolute Gasteiger partial charge is 0.333 e. The minimum atomic E-state index is -3.83. The van der Waals surface area contributed by atoms with E-state index in [9.17, 15) is 42.3 Å². The molecule has 6 atom stereocenters. The molecule has 3 amide bonds. The third-order valence-electron chi connectivity index (χ3n) is 8.21. The van der Waals surface area contributed by atoms with Crippen LogP contribution in [0.5, 0.6) is 0 Å². The Kier molecular flexibility index (Phi) is 7.08. The van der Waals surface area contributed by atoms with Crippen molar-refractivity contribution < 1.29 is 51.8 Å². The number of thioether (sulfide) groups is 1. The van der Waals surface area contributed by atoms with Crippen molar-refractivity contribution >= 4 is 57.2 Å². The molecule has 1 aromatic rings. The van der Waals surface area contributed by atoms with Gasteiger partial charge in [-0.3, -0.25) is 19.2 Å². The summed E-state index contributed by atoms with van der Waals surface area (Å²) in [6, 6.07) is 4.25. The van der Waals surface area contributed by atoms with Crippen LogP contribution in [0.25, 0.3) is 0 Å². The van der Waals surface area contributed by atoms with Crippen molar-refractivity contribution in [2.75, 3.05) is 6.79 Å². The van der Waals surface area contributed by atoms with Gasteiger partial charge in [0.1, 0.15) is 28.9 Å². The number of amides is 3. The maximum atomic E-state index is 13.1. The Balaban J connectivity index is 1.21. The number of hydrogen-bond donors (Lipinski definition) is 2. The number of rotatable bonds is 8. The van der Waals surface area contributed by atoms with Crippen LogP contribution in [-0.4, -0.2) is 104 Å². The van der Waals surface area contributed by atoms with Gasteiger partial charge in [0.2, 0.25) is 24.5 Å². The van der Waals surface area contributed by atoms with Crippen LogP contribution in [-0.2, 0) is 48.1 Å². The number of ether oxygens (including phenoxy) is 2. The zero-order valence-electron chi connectivity index (χ0n) is 23.0. The average Bonchev–Trinajstić information content (AvgIpc) is 3.22. The number of fused-ring (bicyclic) bond motifs is 2. The van der Waals surface area contributed by atoms with Gasteiger partial charge in [0.15, 0.2) is 15.8 Å². The van der Waals surface area contributed by atoms with E-state index in [4.69, 9.17) is 9.47 Å². The number of aliphatic carboxylic acids is 1. The van der Waals surface area contributed by atoms with Gasteiger partial charge in [0.05, 0.1) is 11.2 Å². The second kappa shape index (κ2) is 9.97. The van der Waals surface area contributed by atoms with E-state index < -0.39 is 96.5 Å². The Hall–Kier alpha value is -3.66. The predicted octanol–water partition coefficient (Wildman–Crippen LogP) is -0.420. The predicted molar refractivity (Wildman–Crippen MR) is 144 cm³/mol. The number of carbonyl (C=O) groups excluding carboxylic acids is 5. The lowest BCUT2D eigenvalue weighted by molar-refractivity contribution is -0.181. The third kappa shape index (κ3) is 4.33. The lowest BCUT2D eigenvalue weighted by atomic mass is 9.94. The number of nitrogens with one attached hydrogen (secondary N) is 1. The molecule has 0 bridgehead atoms. The number of β-lactam (4-membered cyclic amide) rings is 2. The monoisotopic (exact) mass is 623 g/mol. The molecule has 0 radical (unpaired) electrons. The van der Waals surface area contributed by atoms with Gasteiger partial charge in [-0.05, 0) is 33.3 Å². The van der Waals surface area contributed by atoms with Gasteiger partial charge in [0.25, 0.3) is 0 Å². The Morgan fingerprint density at radius 2 is 1.62 bits per heavy atom. The number of esters is 2. The number of benzene rings is 1. The van der Waals surface area contributed by atoms with Crippen molar-refractivity contribution in [1.29, 1.82) is 0 Å². The summed E-state index contributed by atoms with van der Waals surface area (Å²) in [6.07, 6.45) is -0.214. The van der Waals surface area contributed by atoms with E-state index in [1.54, 1.807) is 32.0 Å². The van der Waals surface area contributed by atoms with Crippen molar-refractivity contribution in [3.63, 3.8) is 0 Å². The van der Waals surface area contributed by atoms with E-state index in [2.05, 4.69) is 5.32 Å². The third-order valence-corrected chi connectivity index (χ3v) is 12.6. The van der Waals surface area contributed by atoms with Crippen molar-refractivity contribution in [2.45, 2.75) is 78.4 Å². The molecule has 42 heavy (non-hydrogen) atoms. The van der Waals surface area contributed by atoms with E-state index in [-0.39, 0.29) is 12.0 Å². The first-order chi connectivity index (χ1) is 19.5. The number of carboxylic acid groups (broad SMARTS) is 1. The molecule has 0 aromatic heterocycles. The van der Waals surface area contributed by atoms with Crippen LogP contribution in [0.4, 0.5) is 0 Å². The standard InChI is InChI=1S/C26H29N3O11S2/c1-25(2)17(23(35)39-11-40-24(36)18-26(3,4)42(37,38)14-10-13(30)28(14)18)29-20(32)16(21(29)41-25)27-19(31)15(22(33)34)12-8-6-5-7-9-12/h5-9,14-18,21H,10-11H2,1-4H3,(H,27,31)(H,33,34)/t14-,15?,16?,17+,18+,21-/m1/s1. The first kappa shape index (κ1) is 29.8. The van der Waals surface area contributed by atoms with Crippen LogP contribution in [0.3, 0.4) is 0 Å². The molecule has 4 fully saturated rings. The minimum absolute atomic E-state index is 0.214. The van der Waals surface area contributed by atoms with Crippen molar-refractivity contribution in [2.24, 2.45) is 0 Å². The van der Waals surface area contributed by atoms with Gasteiger partial charge < -0.3 is 29.7 Å². The highest BCUT2D eigenvalue weighted by Gasteiger charge is 2.68. The fourth-order valence-corrected chi connectivity index (χ4v) is 9.67. The molecular formula is C26H29N3O11S2. The van der Waals surface area contributed by atoms with E-state index in [1.807, 2.05) is 0 Å². The number of carboxylic acids is 1. The summed E-state index contributed by atoms with van der Waals surface area (Å²) < 4.78 is 33.2. The summed E-state index contributed by atoms with van der Waals surface area (Å²) >= 11 is 1.22. The van der Waals surface area contributed by atoms with Gasteiger partial charge in [0, 0.05) is 4.75 Å². The molecule has 4 heterocycles. The van der Waals surface area contributed by atoms with Gasteiger partial charge in [-0.1, -0.05) is 30.3 Å². The van der Waals surface area contributed by atoms with Gasteiger partial charge in [-0.15, -0.1) is 11.8 Å². The summed E-state index contributed by atoms with van der Waals surface area (Å²) in [7, 11) is -3.83. The maximum absolute atomic E-state index is 13.1. The lowest BCUT2D eigenvalue weighted by Crippen LogP contribution is -2.71. The van der Waals surface area contributed by atoms with Crippen molar-refractivity contribution in [3.05, 3.63) is 35.9 Å². The van der Waals surface area contributed by atoms with E-state index in [0.717, 1.165) is 4.90 Å². The van der Waals surface area contributed by atoms with Gasteiger partial charge in [-0.25, -0.2) is 18.0 Å². The lowest BCUT2D eigenvalue weighted by Gasteiger charge is -2.44. The van der Waals surface area contributed by atoms with E-state index in [1.165, 1.54) is 42.6 Å². The van der Waals surface area contributed by atoms with Crippen LogP contribution in [0, 0.1) is 0 Å². The Bertz CT molecular complexity index is 1490. The van der Waals surface area contributed by atoms with Crippen LogP contribution in [0.15, 0.2) is 30.3 Å². The molecule has 0 spiro atoms. The van der Waals surface area contributed by atoms with Gasteiger partial charge in [-0.2, -0.15) is 0 Å². The largest absolute Gasteiger partial charge is 0.480 e. The molecule has 4 saturated heterocycles. The SMILES string of the molecule is CC1(C)S[C@@H]2C(NC(=O)C(C(=O)O)c3ccccc3)C(=O)N2[C@H]1C(=O)OCOC(=O)[C@@H]1N2C(=O)C[C@H]2S(=O)(=O)C1(C)C. The fraction of sp³-hybridized carbons (Fsp3) is 0.538. The second-order valence-electron chi connectivity index (χ2n) is 11.5. The highest BCUT2D eigenvalue weighted by Crippen LogP contribution is 2.51. The molecule has 2 unspecified atom stereocenters. The molecular weight excluding hydrogens is 594 g/mol. The Morgan fingerprint density at radius 1 is 1.02 bits per heavy atom. The molecule has 14 nitrogen and oxygen atoms in total. The molecule has 16 heteroatoms.